The van der Waals surface area contributed by atoms with Gasteiger partial charge < -0.3 is 11.1 Å². The predicted molar refractivity (Wildman–Crippen MR) is 149 cm³/mol. The molecule has 0 spiro atoms. The fraction of sp³-hybridized carbons (Fsp3) is 0.310. The third-order valence-corrected chi connectivity index (χ3v) is 7.66. The second-order valence-corrected chi connectivity index (χ2v) is 11.8. The van der Waals surface area contributed by atoms with Crippen LogP contribution in [0.5, 0.6) is 0 Å². The molecule has 5 N–H and O–H groups in total. The van der Waals surface area contributed by atoms with Gasteiger partial charge in [-0.2, -0.15) is 0 Å². The van der Waals surface area contributed by atoms with E-state index < -0.39 is 15.6 Å². The van der Waals surface area contributed by atoms with Crippen LogP contribution in [-0.2, 0) is 21.4 Å². The highest BCUT2D eigenvalue weighted by molar-refractivity contribution is 7.89. The summed E-state index contributed by atoms with van der Waals surface area (Å²) >= 11 is 0. The summed E-state index contributed by atoms with van der Waals surface area (Å²) in [5.41, 5.74) is 8.69. The van der Waals surface area contributed by atoms with Crippen molar-refractivity contribution in [2.75, 3.05) is 0 Å². The van der Waals surface area contributed by atoms with E-state index in [1.165, 1.54) is 0 Å². The predicted octanol–water partition coefficient (Wildman–Crippen LogP) is 4.91. The largest absolute Gasteiger partial charge is 0.384 e. The maximum Gasteiger partial charge on any atom is 0.241 e. The zero-order chi connectivity index (χ0) is 27.2. The molecule has 3 rings (SSSR count). The number of nitrogen functional groups attached to an aromatic ring is 1. The quantitative estimate of drug-likeness (QED) is 0.224. The van der Waals surface area contributed by atoms with E-state index in [1.807, 2.05) is 49.4 Å². The first-order valence-corrected chi connectivity index (χ1v) is 13.8. The van der Waals surface area contributed by atoms with Gasteiger partial charge in [-0.15, -0.1) is 0 Å². The number of nitrogens with two attached hydrogens (primary N) is 1. The number of sulfonamides is 1. The molecule has 37 heavy (non-hydrogen) atoms. The van der Waals surface area contributed by atoms with Gasteiger partial charge in [-0.05, 0) is 56.0 Å². The van der Waals surface area contributed by atoms with Crippen LogP contribution in [0.4, 0.5) is 0 Å². The highest BCUT2D eigenvalue weighted by atomic mass is 32.2. The van der Waals surface area contributed by atoms with Crippen molar-refractivity contribution in [2.45, 2.75) is 63.4 Å². The Kier molecular flexibility index (Phi) is 8.89. The first-order chi connectivity index (χ1) is 17.4. The molecule has 0 aromatic heterocycles. The van der Waals surface area contributed by atoms with Gasteiger partial charge in [-0.25, -0.2) is 13.1 Å². The van der Waals surface area contributed by atoms with Crippen molar-refractivity contribution in [3.8, 4) is 11.1 Å². The van der Waals surface area contributed by atoms with E-state index in [9.17, 15) is 13.2 Å². The van der Waals surface area contributed by atoms with Crippen molar-refractivity contribution < 1.29 is 13.2 Å². The number of hydrogen-bond acceptors (Lipinski definition) is 4. The van der Waals surface area contributed by atoms with Gasteiger partial charge in [0.25, 0.3) is 0 Å². The summed E-state index contributed by atoms with van der Waals surface area (Å²) in [6.45, 7) is 7.79. The molecule has 1 amide bonds. The minimum atomic E-state index is -3.72. The van der Waals surface area contributed by atoms with E-state index in [1.54, 1.807) is 51.1 Å². The third-order valence-electron chi connectivity index (χ3n) is 5.84. The van der Waals surface area contributed by atoms with E-state index in [2.05, 4.69) is 10.0 Å². The number of carbonyl (C=O) groups is 1. The van der Waals surface area contributed by atoms with Crippen LogP contribution in [0.25, 0.3) is 11.1 Å². The number of amidine groups is 1. The second-order valence-electron chi connectivity index (χ2n) is 10.1. The average molecular weight is 521 g/mol. The molecule has 0 aliphatic rings. The van der Waals surface area contributed by atoms with E-state index in [4.69, 9.17) is 11.1 Å². The van der Waals surface area contributed by atoms with E-state index >= 15 is 0 Å². The standard InChI is InChI=1S/C29H36N4O3S/c1-5-9-25(28(34)32-19-20-10-8-11-23(18-20)27(30)31)22-16-14-21(15-17-22)24-12-6-7-13-26(24)37(35,36)33-29(2,3)4/h6-8,10-18,25,33H,5,9,19H2,1-4H3,(H3,30,31)(H,32,34). The lowest BCUT2D eigenvalue weighted by Crippen LogP contribution is -2.40. The Bertz CT molecular complexity index is 1360. The molecule has 196 valence electrons. The molecule has 0 saturated heterocycles. The number of nitrogens with one attached hydrogen (secondary N) is 3. The molecule has 0 fully saturated rings. The van der Waals surface area contributed by atoms with Crippen LogP contribution in [0, 0.1) is 5.41 Å². The molecule has 0 aliphatic heterocycles. The average Bonchev–Trinajstić information content (AvgIpc) is 2.85. The lowest BCUT2D eigenvalue weighted by Gasteiger charge is -2.22. The van der Waals surface area contributed by atoms with Crippen molar-refractivity contribution in [3.05, 3.63) is 89.5 Å². The van der Waals surface area contributed by atoms with Crippen molar-refractivity contribution in [2.24, 2.45) is 5.73 Å². The van der Waals surface area contributed by atoms with E-state index in [-0.39, 0.29) is 22.6 Å². The molecule has 0 heterocycles. The third kappa shape index (κ3) is 7.50. The van der Waals surface area contributed by atoms with Crippen molar-refractivity contribution in [1.82, 2.24) is 10.0 Å². The molecule has 7 nitrogen and oxygen atoms in total. The zero-order valence-corrected chi connectivity index (χ0v) is 22.7. The molecule has 0 aliphatic carbocycles. The number of rotatable bonds is 10. The van der Waals surface area contributed by atoms with E-state index in [0.717, 1.165) is 23.1 Å². The highest BCUT2D eigenvalue weighted by Gasteiger charge is 2.25. The van der Waals surface area contributed by atoms with Crippen LogP contribution in [0.1, 0.15) is 63.1 Å². The maximum atomic E-state index is 13.1. The summed E-state index contributed by atoms with van der Waals surface area (Å²) in [4.78, 5) is 13.3. The van der Waals surface area contributed by atoms with Gasteiger partial charge in [-0.1, -0.05) is 74.0 Å². The molecule has 1 atom stereocenters. The molecule has 0 radical (unpaired) electrons. The number of carbonyl (C=O) groups excluding carboxylic acids is 1. The summed E-state index contributed by atoms with van der Waals surface area (Å²) < 4.78 is 28.8. The molecule has 0 bridgehead atoms. The normalized spacial score (nSPS) is 12.6. The minimum absolute atomic E-state index is 0.0133. The Hall–Kier alpha value is -3.49. The molecule has 0 saturated carbocycles. The topological polar surface area (TPSA) is 125 Å². The van der Waals surface area contributed by atoms with Crippen LogP contribution in [0.3, 0.4) is 0 Å². The van der Waals surface area contributed by atoms with Crippen LogP contribution in [0.2, 0.25) is 0 Å². The van der Waals surface area contributed by atoms with Gasteiger partial charge in [0.15, 0.2) is 0 Å². The Labute approximate surface area is 220 Å². The summed E-state index contributed by atoms with van der Waals surface area (Å²) in [7, 11) is -3.72. The molecule has 8 heteroatoms. The SMILES string of the molecule is CCCC(C(=O)NCc1cccc(C(=N)N)c1)c1ccc(-c2ccccc2S(=O)(=O)NC(C)(C)C)cc1. The van der Waals surface area contributed by atoms with Crippen molar-refractivity contribution >= 4 is 21.8 Å². The summed E-state index contributed by atoms with van der Waals surface area (Å²) in [5.74, 6) is -0.433. The van der Waals surface area contributed by atoms with Gasteiger partial charge >= 0.3 is 0 Å². The number of benzene rings is 3. The van der Waals surface area contributed by atoms with Crippen LogP contribution >= 0.6 is 0 Å². The van der Waals surface area contributed by atoms with Crippen LogP contribution in [-0.4, -0.2) is 25.7 Å². The lowest BCUT2D eigenvalue weighted by atomic mass is 9.92. The van der Waals surface area contributed by atoms with Gasteiger partial charge in [0.2, 0.25) is 15.9 Å². The maximum absolute atomic E-state index is 13.1. The van der Waals surface area contributed by atoms with Crippen molar-refractivity contribution in [1.29, 1.82) is 5.41 Å². The van der Waals surface area contributed by atoms with Gasteiger partial charge in [0.05, 0.1) is 10.8 Å². The zero-order valence-electron chi connectivity index (χ0n) is 21.8. The molecule has 3 aromatic rings. The fourth-order valence-electron chi connectivity index (χ4n) is 4.19. The van der Waals surface area contributed by atoms with E-state index in [0.29, 0.717) is 24.1 Å². The van der Waals surface area contributed by atoms with Gasteiger partial charge in [-0.3, -0.25) is 10.2 Å². The number of hydrogen-bond donors (Lipinski definition) is 4. The van der Waals surface area contributed by atoms with Crippen LogP contribution in [0.15, 0.2) is 77.7 Å². The summed E-state index contributed by atoms with van der Waals surface area (Å²) in [6.07, 6.45) is 1.51. The Morgan fingerprint density at radius 3 is 2.30 bits per heavy atom. The summed E-state index contributed by atoms with van der Waals surface area (Å²) in [6, 6.07) is 21.7. The first-order valence-electron chi connectivity index (χ1n) is 12.4. The fourth-order valence-corrected chi connectivity index (χ4v) is 5.84. The molecule has 3 aromatic carbocycles. The molecular formula is C29H36N4O3S. The smallest absolute Gasteiger partial charge is 0.241 e. The molecular weight excluding hydrogens is 484 g/mol. The molecule has 1 unspecified atom stereocenters. The van der Waals surface area contributed by atoms with Gasteiger partial charge in [0, 0.05) is 23.2 Å². The highest BCUT2D eigenvalue weighted by Crippen LogP contribution is 2.30. The lowest BCUT2D eigenvalue weighted by molar-refractivity contribution is -0.122. The van der Waals surface area contributed by atoms with Gasteiger partial charge in [0.1, 0.15) is 5.84 Å². The first kappa shape index (κ1) is 28.1. The Morgan fingerprint density at radius 1 is 1.00 bits per heavy atom. The minimum Gasteiger partial charge on any atom is -0.384 e. The second kappa shape index (κ2) is 11.7. The van der Waals surface area contributed by atoms with Crippen molar-refractivity contribution in [3.63, 3.8) is 0 Å². The monoisotopic (exact) mass is 520 g/mol. The Balaban J connectivity index is 1.82. The number of amides is 1. The Morgan fingerprint density at radius 2 is 1.68 bits per heavy atom. The van der Waals surface area contributed by atoms with Crippen LogP contribution < -0.4 is 15.8 Å². The summed E-state index contributed by atoms with van der Waals surface area (Å²) in [5, 5.41) is 10.6.